The van der Waals surface area contributed by atoms with Crippen molar-refractivity contribution >= 4 is 11.9 Å². The molecule has 0 amide bonds. The SMILES string of the molecule is COC(=O)C(CCOC(F)(F)F)C(=O)O. The highest BCUT2D eigenvalue weighted by Crippen LogP contribution is 2.17. The monoisotopic (exact) mass is 230 g/mol. The number of hydrogen-bond donors (Lipinski definition) is 1. The summed E-state index contributed by atoms with van der Waals surface area (Å²) < 4.78 is 41.9. The molecule has 0 aromatic heterocycles. The summed E-state index contributed by atoms with van der Waals surface area (Å²) in [6.07, 6.45) is -5.43. The summed E-state index contributed by atoms with van der Waals surface area (Å²) >= 11 is 0. The van der Waals surface area contributed by atoms with Gasteiger partial charge >= 0.3 is 18.3 Å². The van der Waals surface area contributed by atoms with Crippen molar-refractivity contribution in [2.75, 3.05) is 13.7 Å². The molecule has 1 unspecified atom stereocenters. The first kappa shape index (κ1) is 13.7. The van der Waals surface area contributed by atoms with E-state index in [9.17, 15) is 22.8 Å². The van der Waals surface area contributed by atoms with Crippen LogP contribution in [0.25, 0.3) is 0 Å². The number of carbonyl (C=O) groups is 2. The van der Waals surface area contributed by atoms with E-state index in [1.165, 1.54) is 0 Å². The van der Waals surface area contributed by atoms with Crippen LogP contribution in [0.2, 0.25) is 0 Å². The Balaban J connectivity index is 4.09. The zero-order chi connectivity index (χ0) is 12.1. The molecule has 0 saturated carbocycles. The quantitative estimate of drug-likeness (QED) is 0.558. The molecule has 0 aliphatic rings. The van der Waals surface area contributed by atoms with Gasteiger partial charge in [0.1, 0.15) is 0 Å². The van der Waals surface area contributed by atoms with E-state index in [0.717, 1.165) is 7.11 Å². The van der Waals surface area contributed by atoms with Gasteiger partial charge < -0.3 is 9.84 Å². The predicted octanol–water partition coefficient (Wildman–Crippen LogP) is 0.787. The van der Waals surface area contributed by atoms with Crippen LogP contribution in [0.4, 0.5) is 13.2 Å². The van der Waals surface area contributed by atoms with Crippen molar-refractivity contribution in [2.24, 2.45) is 5.92 Å². The Morgan fingerprint density at radius 1 is 1.40 bits per heavy atom. The number of carboxylic acid groups (broad SMARTS) is 1. The maximum absolute atomic E-state index is 11.5. The number of aliphatic carboxylic acids is 1. The van der Waals surface area contributed by atoms with Crippen molar-refractivity contribution in [3.63, 3.8) is 0 Å². The third-order valence-corrected chi connectivity index (χ3v) is 1.46. The normalized spacial score (nSPS) is 13.3. The number of hydrogen-bond acceptors (Lipinski definition) is 4. The van der Waals surface area contributed by atoms with Gasteiger partial charge in [0.05, 0.1) is 13.7 Å². The van der Waals surface area contributed by atoms with E-state index in [-0.39, 0.29) is 0 Å². The minimum Gasteiger partial charge on any atom is -0.481 e. The van der Waals surface area contributed by atoms with Crippen LogP contribution < -0.4 is 0 Å². The number of ether oxygens (including phenoxy) is 2. The summed E-state index contributed by atoms with van der Waals surface area (Å²) in [5.41, 5.74) is 0. The molecule has 0 aliphatic heterocycles. The molecule has 88 valence electrons. The molecule has 0 aromatic rings. The third-order valence-electron chi connectivity index (χ3n) is 1.46. The molecule has 1 atom stereocenters. The van der Waals surface area contributed by atoms with Gasteiger partial charge in [-0.05, 0) is 6.42 Å². The van der Waals surface area contributed by atoms with E-state index >= 15 is 0 Å². The average molecular weight is 230 g/mol. The smallest absolute Gasteiger partial charge is 0.481 e. The van der Waals surface area contributed by atoms with Gasteiger partial charge in [0.2, 0.25) is 0 Å². The lowest BCUT2D eigenvalue weighted by Crippen LogP contribution is -2.27. The minimum absolute atomic E-state index is 0.596. The van der Waals surface area contributed by atoms with Crippen LogP contribution in [0.15, 0.2) is 0 Å². The number of alkyl halides is 3. The van der Waals surface area contributed by atoms with Gasteiger partial charge in [-0.1, -0.05) is 0 Å². The van der Waals surface area contributed by atoms with Gasteiger partial charge in [0.25, 0.3) is 0 Å². The van der Waals surface area contributed by atoms with Gasteiger partial charge in [-0.2, -0.15) is 0 Å². The zero-order valence-electron chi connectivity index (χ0n) is 7.71. The summed E-state index contributed by atoms with van der Waals surface area (Å²) in [7, 11) is 0.947. The van der Waals surface area contributed by atoms with Crippen molar-refractivity contribution in [1.29, 1.82) is 0 Å². The van der Waals surface area contributed by atoms with Gasteiger partial charge in [-0.25, -0.2) is 0 Å². The predicted molar refractivity (Wildman–Crippen MR) is 39.8 cm³/mol. The van der Waals surface area contributed by atoms with Crippen LogP contribution in [0.1, 0.15) is 6.42 Å². The molecule has 0 heterocycles. The average Bonchev–Trinajstić information content (AvgIpc) is 2.09. The van der Waals surface area contributed by atoms with Crippen molar-refractivity contribution in [3.05, 3.63) is 0 Å². The molecule has 1 N–H and O–H groups in total. The molecule has 0 spiro atoms. The Morgan fingerprint density at radius 3 is 2.27 bits per heavy atom. The number of esters is 1. The number of carbonyl (C=O) groups excluding carboxylic acids is 1. The second-order valence-corrected chi connectivity index (χ2v) is 2.50. The van der Waals surface area contributed by atoms with E-state index in [1.807, 2.05) is 0 Å². The van der Waals surface area contributed by atoms with E-state index in [1.54, 1.807) is 0 Å². The first-order chi connectivity index (χ1) is 6.78. The van der Waals surface area contributed by atoms with E-state index in [4.69, 9.17) is 5.11 Å². The molecule has 8 heteroatoms. The Morgan fingerprint density at radius 2 is 1.93 bits per heavy atom. The van der Waals surface area contributed by atoms with Gasteiger partial charge in [-0.3, -0.25) is 14.3 Å². The largest absolute Gasteiger partial charge is 0.522 e. The molecule has 15 heavy (non-hydrogen) atoms. The lowest BCUT2D eigenvalue weighted by Gasteiger charge is -2.11. The number of methoxy groups -OCH3 is 1. The second kappa shape index (κ2) is 5.54. The van der Waals surface area contributed by atoms with Crippen LogP contribution in [0.5, 0.6) is 0 Å². The van der Waals surface area contributed by atoms with Crippen molar-refractivity contribution in [3.8, 4) is 0 Å². The van der Waals surface area contributed by atoms with Crippen LogP contribution in [-0.4, -0.2) is 37.1 Å². The lowest BCUT2D eigenvalue weighted by molar-refractivity contribution is -0.325. The molecule has 5 nitrogen and oxygen atoms in total. The lowest BCUT2D eigenvalue weighted by atomic mass is 10.1. The first-order valence-electron chi connectivity index (χ1n) is 3.79. The second-order valence-electron chi connectivity index (χ2n) is 2.50. The van der Waals surface area contributed by atoms with E-state index in [0.29, 0.717) is 0 Å². The van der Waals surface area contributed by atoms with Crippen LogP contribution in [0, 0.1) is 5.92 Å². The van der Waals surface area contributed by atoms with Crippen molar-refractivity contribution in [1.82, 2.24) is 0 Å². The van der Waals surface area contributed by atoms with Crippen molar-refractivity contribution in [2.45, 2.75) is 12.8 Å². The summed E-state index contributed by atoms with van der Waals surface area (Å²) in [4.78, 5) is 21.2. The van der Waals surface area contributed by atoms with Gasteiger partial charge in [0.15, 0.2) is 5.92 Å². The summed E-state index contributed by atoms with van der Waals surface area (Å²) in [5.74, 6) is -4.29. The number of rotatable bonds is 5. The molecule has 0 radical (unpaired) electrons. The summed E-state index contributed by atoms with van der Waals surface area (Å²) in [5, 5.41) is 8.47. The highest BCUT2D eigenvalue weighted by Gasteiger charge is 2.32. The molecule has 0 rings (SSSR count). The molecule has 0 bridgehead atoms. The highest BCUT2D eigenvalue weighted by atomic mass is 19.4. The molecule has 0 aromatic carbocycles. The number of carboxylic acids is 1. The molecular weight excluding hydrogens is 221 g/mol. The maximum atomic E-state index is 11.5. The molecule has 0 fully saturated rings. The van der Waals surface area contributed by atoms with Crippen LogP contribution in [0.3, 0.4) is 0 Å². The third kappa shape index (κ3) is 5.89. The highest BCUT2D eigenvalue weighted by molar-refractivity contribution is 5.93. The topological polar surface area (TPSA) is 72.8 Å². The summed E-state index contributed by atoms with van der Waals surface area (Å²) in [6, 6.07) is 0. The molecule has 0 aliphatic carbocycles. The zero-order valence-corrected chi connectivity index (χ0v) is 7.71. The van der Waals surface area contributed by atoms with E-state index in [2.05, 4.69) is 9.47 Å². The fourth-order valence-electron chi connectivity index (χ4n) is 0.777. The van der Waals surface area contributed by atoms with Gasteiger partial charge in [-0.15, -0.1) is 13.2 Å². The van der Waals surface area contributed by atoms with E-state index < -0.39 is 37.2 Å². The Bertz CT molecular complexity index is 237. The molecule has 0 saturated heterocycles. The number of halogens is 3. The van der Waals surface area contributed by atoms with Crippen LogP contribution >= 0.6 is 0 Å². The standard InChI is InChI=1S/C7H9F3O5/c1-14-6(13)4(5(11)12)2-3-15-7(8,9)10/h4H,2-3H2,1H3,(H,11,12). The summed E-state index contributed by atoms with van der Waals surface area (Å²) in [6.45, 7) is -0.907. The van der Waals surface area contributed by atoms with Crippen LogP contribution in [-0.2, 0) is 19.1 Å². The Kier molecular flexibility index (Phi) is 5.06. The minimum atomic E-state index is -4.83. The van der Waals surface area contributed by atoms with Crippen molar-refractivity contribution < 1.29 is 37.3 Å². The Hall–Kier alpha value is -1.31. The Labute approximate surface area is 82.8 Å². The van der Waals surface area contributed by atoms with Gasteiger partial charge in [0, 0.05) is 0 Å². The fourth-order valence-corrected chi connectivity index (χ4v) is 0.777. The fraction of sp³-hybridized carbons (Fsp3) is 0.714. The molecular formula is C7H9F3O5. The first-order valence-corrected chi connectivity index (χ1v) is 3.79. The maximum Gasteiger partial charge on any atom is 0.522 e.